The lowest BCUT2D eigenvalue weighted by Crippen LogP contribution is -2.14. The highest BCUT2D eigenvalue weighted by molar-refractivity contribution is 6.07. The number of ether oxygens (including phenoxy) is 2. The van der Waals surface area contributed by atoms with Crippen molar-refractivity contribution < 1.29 is 19.1 Å². The van der Waals surface area contributed by atoms with E-state index in [1.807, 2.05) is 6.07 Å². The molecule has 0 saturated carbocycles. The minimum Gasteiger partial charge on any atom is -0.434 e. The molecular weight excluding hydrogens is 246 g/mol. The van der Waals surface area contributed by atoms with E-state index in [1.165, 1.54) is 0 Å². The molecule has 0 aliphatic heterocycles. The van der Waals surface area contributed by atoms with Crippen molar-refractivity contribution in [3.63, 3.8) is 0 Å². The Kier molecular flexibility index (Phi) is 3.66. The summed E-state index contributed by atoms with van der Waals surface area (Å²) in [5.41, 5.74) is 6.58. The SMILES string of the molecule is CCOC(=O)OC(=O)c1cccc2cc(N)ccc12. The maximum atomic E-state index is 11.9. The molecule has 0 spiro atoms. The quantitative estimate of drug-likeness (QED) is 0.509. The number of anilines is 1. The summed E-state index contributed by atoms with van der Waals surface area (Å²) >= 11 is 0. The van der Waals surface area contributed by atoms with Gasteiger partial charge in [-0.3, -0.25) is 0 Å². The van der Waals surface area contributed by atoms with Crippen LogP contribution in [0.15, 0.2) is 36.4 Å². The van der Waals surface area contributed by atoms with Crippen LogP contribution in [0.4, 0.5) is 10.5 Å². The number of esters is 1. The molecule has 2 N–H and O–H groups in total. The third-order valence-electron chi connectivity index (χ3n) is 2.56. The second-order valence-corrected chi connectivity index (χ2v) is 3.86. The Morgan fingerprint density at radius 2 is 2.00 bits per heavy atom. The molecule has 0 amide bonds. The Labute approximate surface area is 109 Å². The number of benzene rings is 2. The van der Waals surface area contributed by atoms with Gasteiger partial charge in [-0.15, -0.1) is 0 Å². The van der Waals surface area contributed by atoms with Gasteiger partial charge in [0.15, 0.2) is 0 Å². The summed E-state index contributed by atoms with van der Waals surface area (Å²) in [5.74, 6) is -0.742. The zero-order chi connectivity index (χ0) is 13.8. The molecule has 0 fully saturated rings. The summed E-state index contributed by atoms with van der Waals surface area (Å²) in [5, 5.41) is 1.48. The van der Waals surface area contributed by atoms with E-state index >= 15 is 0 Å². The summed E-state index contributed by atoms with van der Waals surface area (Å²) in [6, 6.07) is 10.3. The lowest BCUT2D eigenvalue weighted by atomic mass is 10.0. The fourth-order valence-corrected chi connectivity index (χ4v) is 1.76. The third-order valence-corrected chi connectivity index (χ3v) is 2.56. The molecule has 2 rings (SSSR count). The second-order valence-electron chi connectivity index (χ2n) is 3.86. The minimum absolute atomic E-state index is 0.151. The molecule has 2 aromatic carbocycles. The average molecular weight is 259 g/mol. The maximum Gasteiger partial charge on any atom is 0.516 e. The minimum atomic E-state index is -1.00. The molecule has 0 aliphatic carbocycles. The number of nitrogen functional groups attached to an aromatic ring is 1. The molecule has 0 bridgehead atoms. The largest absolute Gasteiger partial charge is 0.516 e. The van der Waals surface area contributed by atoms with E-state index in [4.69, 9.17) is 5.73 Å². The van der Waals surface area contributed by atoms with E-state index < -0.39 is 12.1 Å². The number of rotatable bonds is 2. The molecular formula is C14H13NO4. The summed E-state index contributed by atoms with van der Waals surface area (Å²) in [7, 11) is 0. The second kappa shape index (κ2) is 5.39. The van der Waals surface area contributed by atoms with Gasteiger partial charge in [0.2, 0.25) is 0 Å². The van der Waals surface area contributed by atoms with Crippen LogP contribution in [0, 0.1) is 0 Å². The van der Waals surface area contributed by atoms with Gasteiger partial charge >= 0.3 is 12.1 Å². The molecule has 0 aliphatic rings. The first-order valence-corrected chi connectivity index (χ1v) is 5.79. The zero-order valence-corrected chi connectivity index (χ0v) is 10.4. The van der Waals surface area contributed by atoms with Crippen LogP contribution in [0.1, 0.15) is 17.3 Å². The third kappa shape index (κ3) is 2.82. The van der Waals surface area contributed by atoms with Gasteiger partial charge in [0.1, 0.15) is 0 Å². The molecule has 0 saturated heterocycles. The van der Waals surface area contributed by atoms with E-state index in [0.717, 1.165) is 5.39 Å². The van der Waals surface area contributed by atoms with Crippen LogP contribution < -0.4 is 5.73 Å². The first kappa shape index (κ1) is 12.9. The van der Waals surface area contributed by atoms with Gasteiger partial charge in [-0.1, -0.05) is 18.2 Å². The number of nitrogens with two attached hydrogens (primary N) is 1. The molecule has 5 heteroatoms. The Balaban J connectivity index is 2.34. The first-order chi connectivity index (χ1) is 9.11. The van der Waals surface area contributed by atoms with Crippen molar-refractivity contribution in [3.05, 3.63) is 42.0 Å². The van der Waals surface area contributed by atoms with E-state index in [-0.39, 0.29) is 6.61 Å². The van der Waals surface area contributed by atoms with Crippen molar-refractivity contribution in [3.8, 4) is 0 Å². The Bertz CT molecular complexity index is 636. The van der Waals surface area contributed by atoms with Gasteiger partial charge in [0.25, 0.3) is 0 Å². The van der Waals surface area contributed by atoms with Crippen molar-refractivity contribution in [2.24, 2.45) is 0 Å². The molecule has 0 radical (unpaired) electrons. The van der Waals surface area contributed by atoms with E-state index in [2.05, 4.69) is 9.47 Å². The van der Waals surface area contributed by atoms with E-state index in [1.54, 1.807) is 37.3 Å². The molecule has 0 heterocycles. The molecule has 0 aromatic heterocycles. The smallest absolute Gasteiger partial charge is 0.434 e. The Morgan fingerprint density at radius 1 is 1.21 bits per heavy atom. The fourth-order valence-electron chi connectivity index (χ4n) is 1.76. The summed E-state index contributed by atoms with van der Waals surface area (Å²) < 4.78 is 9.15. The average Bonchev–Trinajstić information content (AvgIpc) is 2.37. The summed E-state index contributed by atoms with van der Waals surface area (Å²) in [4.78, 5) is 23.0. The highest BCUT2D eigenvalue weighted by atomic mass is 16.7. The highest BCUT2D eigenvalue weighted by Crippen LogP contribution is 2.22. The highest BCUT2D eigenvalue weighted by Gasteiger charge is 2.16. The van der Waals surface area contributed by atoms with Crippen LogP contribution >= 0.6 is 0 Å². The Morgan fingerprint density at radius 3 is 2.74 bits per heavy atom. The van der Waals surface area contributed by atoms with Gasteiger partial charge in [-0.25, -0.2) is 9.59 Å². The van der Waals surface area contributed by atoms with Gasteiger partial charge in [0.05, 0.1) is 12.2 Å². The Hall–Kier alpha value is -2.56. The van der Waals surface area contributed by atoms with Gasteiger partial charge in [-0.05, 0) is 35.9 Å². The lowest BCUT2D eigenvalue weighted by molar-refractivity contribution is 0.0403. The van der Waals surface area contributed by atoms with Crippen LogP contribution in [0.2, 0.25) is 0 Å². The van der Waals surface area contributed by atoms with Crippen molar-refractivity contribution in [1.82, 2.24) is 0 Å². The summed E-state index contributed by atoms with van der Waals surface area (Å²) in [6.45, 7) is 1.78. The predicted octanol–water partition coefficient (Wildman–Crippen LogP) is 2.74. The number of carbonyl (C=O) groups is 2. The predicted molar refractivity (Wildman–Crippen MR) is 70.8 cm³/mol. The van der Waals surface area contributed by atoms with Crippen LogP contribution in [0.5, 0.6) is 0 Å². The van der Waals surface area contributed by atoms with Crippen molar-refractivity contribution >= 4 is 28.6 Å². The number of carbonyl (C=O) groups excluding carboxylic acids is 2. The van der Waals surface area contributed by atoms with Crippen LogP contribution in [0.25, 0.3) is 10.8 Å². The van der Waals surface area contributed by atoms with E-state index in [9.17, 15) is 9.59 Å². The van der Waals surface area contributed by atoms with Crippen LogP contribution in [-0.2, 0) is 9.47 Å². The normalized spacial score (nSPS) is 10.2. The van der Waals surface area contributed by atoms with Gasteiger partial charge < -0.3 is 15.2 Å². The monoisotopic (exact) mass is 259 g/mol. The maximum absolute atomic E-state index is 11.9. The summed E-state index contributed by atoms with van der Waals surface area (Å²) in [6.07, 6.45) is -1.00. The van der Waals surface area contributed by atoms with E-state index in [0.29, 0.717) is 16.6 Å². The zero-order valence-electron chi connectivity index (χ0n) is 10.4. The first-order valence-electron chi connectivity index (χ1n) is 5.79. The number of fused-ring (bicyclic) bond motifs is 1. The van der Waals surface area contributed by atoms with Crippen LogP contribution in [-0.4, -0.2) is 18.7 Å². The number of hydrogen-bond donors (Lipinski definition) is 1. The molecule has 5 nitrogen and oxygen atoms in total. The van der Waals surface area contributed by atoms with Crippen molar-refractivity contribution in [1.29, 1.82) is 0 Å². The fraction of sp³-hybridized carbons (Fsp3) is 0.143. The van der Waals surface area contributed by atoms with Crippen LogP contribution in [0.3, 0.4) is 0 Å². The van der Waals surface area contributed by atoms with Gasteiger partial charge in [-0.2, -0.15) is 0 Å². The van der Waals surface area contributed by atoms with Gasteiger partial charge in [0, 0.05) is 5.69 Å². The standard InChI is InChI=1S/C14H13NO4/c1-2-18-14(17)19-13(16)12-5-3-4-9-8-10(15)6-7-11(9)12/h3-8H,2,15H2,1H3. The molecule has 2 aromatic rings. The van der Waals surface area contributed by atoms with Crippen molar-refractivity contribution in [2.75, 3.05) is 12.3 Å². The number of hydrogen-bond acceptors (Lipinski definition) is 5. The topological polar surface area (TPSA) is 78.6 Å². The lowest BCUT2D eigenvalue weighted by Gasteiger charge is -2.06. The molecule has 0 atom stereocenters. The van der Waals surface area contributed by atoms with Crippen molar-refractivity contribution in [2.45, 2.75) is 6.92 Å². The molecule has 19 heavy (non-hydrogen) atoms. The molecule has 98 valence electrons. The molecule has 0 unspecified atom stereocenters.